The monoisotopic (exact) mass is 266 g/mol. The molecule has 7 heteroatoms. The Hall–Kier alpha value is -1.89. The molecule has 1 aliphatic rings. The zero-order chi connectivity index (χ0) is 14.0. The molecule has 19 heavy (non-hydrogen) atoms. The fourth-order valence-electron chi connectivity index (χ4n) is 2.20. The average molecular weight is 266 g/mol. The summed E-state index contributed by atoms with van der Waals surface area (Å²) in [6.45, 7) is 6.01. The van der Waals surface area contributed by atoms with Crippen LogP contribution in [0.3, 0.4) is 0 Å². The second kappa shape index (κ2) is 5.40. The maximum atomic E-state index is 11.2. The second-order valence-corrected chi connectivity index (χ2v) is 4.58. The molecule has 0 amide bonds. The zero-order valence-corrected chi connectivity index (χ0v) is 11.3. The first-order chi connectivity index (χ1) is 9.00. The number of carboxylic acids is 1. The lowest BCUT2D eigenvalue weighted by Crippen LogP contribution is -2.46. The molecule has 1 saturated heterocycles. The Bertz CT molecular complexity index is 509. The number of aromatic nitrogens is 2. The number of morpholine rings is 1. The van der Waals surface area contributed by atoms with Crippen LogP contribution in [0, 0.1) is 0 Å². The molecule has 0 radical (unpaired) electrons. The lowest BCUT2D eigenvalue weighted by atomic mass is 10.2. The maximum Gasteiger partial charge on any atom is 0.356 e. The Kier molecular flexibility index (Phi) is 3.84. The normalized spacial score (nSPS) is 20.7. The van der Waals surface area contributed by atoms with Gasteiger partial charge in [0.1, 0.15) is 11.5 Å². The van der Waals surface area contributed by atoms with Crippen molar-refractivity contribution in [2.24, 2.45) is 12.0 Å². The molecule has 1 fully saturated rings. The van der Waals surface area contributed by atoms with Gasteiger partial charge in [-0.05, 0) is 13.8 Å². The van der Waals surface area contributed by atoms with Gasteiger partial charge in [-0.1, -0.05) is 0 Å². The third-order valence-corrected chi connectivity index (χ3v) is 3.19. The van der Waals surface area contributed by atoms with Crippen molar-refractivity contribution in [3.63, 3.8) is 0 Å². The minimum Gasteiger partial charge on any atom is -0.476 e. The van der Waals surface area contributed by atoms with Crippen molar-refractivity contribution in [3.05, 3.63) is 11.9 Å². The van der Waals surface area contributed by atoms with E-state index in [0.717, 1.165) is 12.4 Å². The lowest BCUT2D eigenvalue weighted by Gasteiger charge is -2.34. The number of rotatable bonds is 2. The Morgan fingerprint density at radius 2 is 2.37 bits per heavy atom. The first kappa shape index (κ1) is 13.5. The molecule has 2 rings (SSSR count). The second-order valence-electron chi connectivity index (χ2n) is 4.58. The van der Waals surface area contributed by atoms with Gasteiger partial charge in [0.25, 0.3) is 0 Å². The molecule has 2 heterocycles. The van der Waals surface area contributed by atoms with Gasteiger partial charge in [-0.25, -0.2) is 9.79 Å². The largest absolute Gasteiger partial charge is 0.476 e. The van der Waals surface area contributed by atoms with Crippen LogP contribution in [0.15, 0.2) is 11.2 Å². The molecule has 104 valence electrons. The molecule has 1 aromatic heterocycles. The Balaban J connectivity index is 2.27. The van der Waals surface area contributed by atoms with Gasteiger partial charge in [0.2, 0.25) is 0 Å². The zero-order valence-electron chi connectivity index (χ0n) is 11.3. The van der Waals surface area contributed by atoms with E-state index in [1.165, 1.54) is 10.9 Å². The molecule has 1 aromatic rings. The molecule has 0 aliphatic carbocycles. The molecule has 0 unspecified atom stereocenters. The van der Waals surface area contributed by atoms with Crippen molar-refractivity contribution in [1.29, 1.82) is 0 Å². The van der Waals surface area contributed by atoms with E-state index in [1.54, 1.807) is 7.05 Å². The van der Waals surface area contributed by atoms with Gasteiger partial charge in [0, 0.05) is 13.6 Å². The fourth-order valence-corrected chi connectivity index (χ4v) is 2.20. The topological polar surface area (TPSA) is 80.0 Å². The van der Waals surface area contributed by atoms with Crippen molar-refractivity contribution < 1.29 is 14.6 Å². The minimum absolute atomic E-state index is 0.0975. The molecule has 1 aliphatic heterocycles. The SMILES string of the molecule is C/C(=N\c1cnn(C)c1C(=O)O)N1CCOC[C@H]1C. The van der Waals surface area contributed by atoms with Gasteiger partial charge in [0.15, 0.2) is 5.69 Å². The smallest absolute Gasteiger partial charge is 0.356 e. The van der Waals surface area contributed by atoms with Crippen molar-refractivity contribution in [1.82, 2.24) is 14.7 Å². The third kappa shape index (κ3) is 2.76. The van der Waals surface area contributed by atoms with Crippen LogP contribution in [0.5, 0.6) is 0 Å². The van der Waals surface area contributed by atoms with Crippen molar-refractivity contribution in [2.75, 3.05) is 19.8 Å². The Morgan fingerprint density at radius 3 is 3.00 bits per heavy atom. The van der Waals surface area contributed by atoms with Crippen LogP contribution in [0.4, 0.5) is 5.69 Å². The lowest BCUT2D eigenvalue weighted by molar-refractivity contribution is 0.0330. The van der Waals surface area contributed by atoms with Crippen LogP contribution in [-0.4, -0.2) is 57.4 Å². The number of aliphatic imine (C=N–C) groups is 1. The minimum atomic E-state index is -1.03. The number of ether oxygens (including phenoxy) is 1. The summed E-state index contributed by atoms with van der Waals surface area (Å²) >= 11 is 0. The Morgan fingerprint density at radius 1 is 1.63 bits per heavy atom. The predicted octanol–water partition coefficient (Wildman–Crippen LogP) is 0.889. The number of carboxylic acid groups (broad SMARTS) is 1. The molecule has 0 bridgehead atoms. The molecule has 1 atom stereocenters. The van der Waals surface area contributed by atoms with E-state index < -0.39 is 5.97 Å². The number of aromatic carboxylic acids is 1. The van der Waals surface area contributed by atoms with Crippen LogP contribution in [0.25, 0.3) is 0 Å². The van der Waals surface area contributed by atoms with E-state index in [1.807, 2.05) is 6.92 Å². The van der Waals surface area contributed by atoms with E-state index >= 15 is 0 Å². The summed E-state index contributed by atoms with van der Waals surface area (Å²) in [6, 6.07) is 0.238. The van der Waals surface area contributed by atoms with Gasteiger partial charge in [-0.15, -0.1) is 0 Å². The van der Waals surface area contributed by atoms with Crippen LogP contribution in [0.2, 0.25) is 0 Å². The molecular weight excluding hydrogens is 248 g/mol. The molecule has 0 aromatic carbocycles. The summed E-state index contributed by atoms with van der Waals surface area (Å²) in [4.78, 5) is 17.7. The number of aryl methyl sites for hydroxylation is 1. The number of hydrogen-bond acceptors (Lipinski definition) is 4. The van der Waals surface area contributed by atoms with Gasteiger partial charge in [-0.2, -0.15) is 5.10 Å². The summed E-state index contributed by atoms with van der Waals surface area (Å²) < 4.78 is 6.69. The summed E-state index contributed by atoms with van der Waals surface area (Å²) in [5.41, 5.74) is 0.478. The molecule has 0 saturated carbocycles. The van der Waals surface area contributed by atoms with Crippen LogP contribution in [-0.2, 0) is 11.8 Å². The number of carbonyl (C=O) groups is 1. The van der Waals surface area contributed by atoms with Crippen molar-refractivity contribution >= 4 is 17.5 Å². The molecule has 1 N–H and O–H groups in total. The van der Waals surface area contributed by atoms with Crippen molar-refractivity contribution in [2.45, 2.75) is 19.9 Å². The van der Waals surface area contributed by atoms with Crippen LogP contribution >= 0.6 is 0 Å². The highest BCUT2D eigenvalue weighted by molar-refractivity contribution is 5.93. The maximum absolute atomic E-state index is 11.2. The standard InChI is InChI=1S/C12H18N4O3/c1-8-7-19-5-4-16(8)9(2)14-10-6-13-15(3)11(10)12(17)18/h6,8H,4-5,7H2,1-3H3,(H,17,18)/b14-9+/t8-/m1/s1. The third-order valence-electron chi connectivity index (χ3n) is 3.19. The van der Waals surface area contributed by atoms with E-state index in [2.05, 4.69) is 21.9 Å². The van der Waals surface area contributed by atoms with E-state index in [-0.39, 0.29) is 11.7 Å². The van der Waals surface area contributed by atoms with Crippen LogP contribution < -0.4 is 0 Å². The first-order valence-corrected chi connectivity index (χ1v) is 6.15. The number of amidine groups is 1. The van der Waals surface area contributed by atoms with Crippen molar-refractivity contribution in [3.8, 4) is 0 Å². The summed E-state index contributed by atoms with van der Waals surface area (Å²) in [6.07, 6.45) is 1.47. The summed E-state index contributed by atoms with van der Waals surface area (Å²) in [5.74, 6) is -0.243. The highest BCUT2D eigenvalue weighted by Crippen LogP contribution is 2.19. The predicted molar refractivity (Wildman–Crippen MR) is 69.9 cm³/mol. The van der Waals surface area contributed by atoms with Gasteiger partial charge in [0.05, 0.1) is 25.5 Å². The quantitative estimate of drug-likeness (QED) is 0.635. The Labute approximate surface area is 111 Å². The average Bonchev–Trinajstić information content (AvgIpc) is 2.70. The summed E-state index contributed by atoms with van der Waals surface area (Å²) in [7, 11) is 1.59. The van der Waals surface area contributed by atoms with E-state index in [4.69, 9.17) is 9.84 Å². The van der Waals surface area contributed by atoms with Gasteiger partial charge in [-0.3, -0.25) is 4.68 Å². The fraction of sp³-hybridized carbons (Fsp3) is 0.583. The molecular formula is C12H18N4O3. The first-order valence-electron chi connectivity index (χ1n) is 6.15. The highest BCUT2D eigenvalue weighted by Gasteiger charge is 2.21. The van der Waals surface area contributed by atoms with E-state index in [0.29, 0.717) is 18.9 Å². The number of hydrogen-bond donors (Lipinski definition) is 1. The highest BCUT2D eigenvalue weighted by atomic mass is 16.5. The number of nitrogens with zero attached hydrogens (tertiary/aromatic N) is 4. The molecule has 7 nitrogen and oxygen atoms in total. The van der Waals surface area contributed by atoms with E-state index in [9.17, 15) is 4.79 Å². The van der Waals surface area contributed by atoms with Gasteiger partial charge < -0.3 is 14.7 Å². The molecule has 0 spiro atoms. The van der Waals surface area contributed by atoms with Crippen LogP contribution in [0.1, 0.15) is 24.3 Å². The summed E-state index contributed by atoms with van der Waals surface area (Å²) in [5, 5.41) is 13.1. The van der Waals surface area contributed by atoms with Gasteiger partial charge >= 0.3 is 5.97 Å².